The second-order valence-electron chi connectivity index (χ2n) is 8.63. The van der Waals surface area contributed by atoms with Crippen molar-refractivity contribution in [1.82, 2.24) is 0 Å². The van der Waals surface area contributed by atoms with Gasteiger partial charge in [-0.15, -0.1) is 0 Å². The third kappa shape index (κ3) is 5.96. The number of aryl methyl sites for hydroxylation is 2. The first-order valence-electron chi connectivity index (χ1n) is 11.6. The monoisotopic (exact) mass is 534 g/mol. The van der Waals surface area contributed by atoms with E-state index in [0.717, 1.165) is 16.7 Å². The fourth-order valence-corrected chi connectivity index (χ4v) is 5.48. The van der Waals surface area contributed by atoms with Crippen molar-refractivity contribution in [3.8, 4) is 5.75 Å². The zero-order valence-electron chi connectivity index (χ0n) is 20.7. The summed E-state index contributed by atoms with van der Waals surface area (Å²) in [5, 5.41) is 3.43. The van der Waals surface area contributed by atoms with E-state index >= 15 is 0 Å². The van der Waals surface area contributed by atoms with Crippen LogP contribution in [-0.4, -0.2) is 21.4 Å². The molecule has 4 aromatic carbocycles. The van der Waals surface area contributed by atoms with E-state index in [2.05, 4.69) is 5.32 Å². The number of nitrogens with zero attached hydrogens (tertiary/aromatic N) is 1. The van der Waals surface area contributed by atoms with E-state index in [1.807, 2.05) is 19.9 Å². The van der Waals surface area contributed by atoms with Crippen LogP contribution >= 0.6 is 11.6 Å². The fraction of sp³-hybridized carbons (Fsp3) is 0.138. The number of halogens is 1. The Labute approximate surface area is 222 Å². The molecule has 190 valence electrons. The predicted octanol–water partition coefficient (Wildman–Crippen LogP) is 6.61. The Morgan fingerprint density at radius 3 is 2.22 bits per heavy atom. The number of nitrogens with one attached hydrogen (secondary N) is 1. The summed E-state index contributed by atoms with van der Waals surface area (Å²) in [5.41, 5.74) is 3.55. The van der Waals surface area contributed by atoms with Crippen molar-refractivity contribution in [2.24, 2.45) is 0 Å². The maximum absolute atomic E-state index is 13.9. The highest BCUT2D eigenvalue weighted by molar-refractivity contribution is 7.92. The minimum atomic E-state index is -4.03. The molecule has 0 fully saturated rings. The summed E-state index contributed by atoms with van der Waals surface area (Å²) >= 11 is 6.05. The van der Waals surface area contributed by atoms with Gasteiger partial charge in [-0.1, -0.05) is 59.6 Å². The van der Waals surface area contributed by atoms with Gasteiger partial charge in [0.15, 0.2) is 0 Å². The molecule has 1 amide bonds. The van der Waals surface area contributed by atoms with Crippen LogP contribution < -0.4 is 14.4 Å². The Balaban J connectivity index is 1.80. The van der Waals surface area contributed by atoms with Gasteiger partial charge in [-0.25, -0.2) is 8.42 Å². The van der Waals surface area contributed by atoms with Crippen molar-refractivity contribution in [2.75, 3.05) is 16.7 Å². The van der Waals surface area contributed by atoms with Crippen molar-refractivity contribution in [3.63, 3.8) is 0 Å². The lowest BCUT2D eigenvalue weighted by atomic mass is 10.1. The SMILES string of the molecule is COc1ccc(C)cc1NC(=O)c1ccccc1N(Cc1ccc(Cl)cc1)S(=O)(=O)c1ccc(C)cc1. The molecule has 37 heavy (non-hydrogen) atoms. The van der Waals surface area contributed by atoms with Crippen LogP contribution in [0.4, 0.5) is 11.4 Å². The summed E-state index contributed by atoms with van der Waals surface area (Å²) in [4.78, 5) is 13.6. The average Bonchev–Trinajstić information content (AvgIpc) is 2.88. The Bertz CT molecular complexity index is 1520. The number of anilines is 2. The number of benzene rings is 4. The number of methoxy groups -OCH3 is 1. The molecule has 0 unspecified atom stereocenters. The third-order valence-corrected chi connectivity index (χ3v) is 7.89. The molecule has 0 atom stereocenters. The lowest BCUT2D eigenvalue weighted by molar-refractivity contribution is 0.102. The number of carbonyl (C=O) groups excluding carboxylic acids is 1. The highest BCUT2D eigenvalue weighted by Crippen LogP contribution is 2.32. The number of amides is 1. The summed E-state index contributed by atoms with van der Waals surface area (Å²) in [6, 6.07) is 25.7. The minimum absolute atomic E-state index is 0.00540. The molecule has 4 rings (SSSR count). The number of hydrogen-bond acceptors (Lipinski definition) is 4. The highest BCUT2D eigenvalue weighted by Gasteiger charge is 2.29. The number of hydrogen-bond donors (Lipinski definition) is 1. The van der Waals surface area contributed by atoms with Crippen molar-refractivity contribution < 1.29 is 17.9 Å². The van der Waals surface area contributed by atoms with Crippen molar-refractivity contribution in [3.05, 3.63) is 118 Å². The van der Waals surface area contributed by atoms with E-state index in [1.54, 1.807) is 84.9 Å². The Hall–Kier alpha value is -3.81. The van der Waals surface area contributed by atoms with Crippen LogP contribution in [-0.2, 0) is 16.6 Å². The highest BCUT2D eigenvalue weighted by atomic mass is 35.5. The van der Waals surface area contributed by atoms with Gasteiger partial charge >= 0.3 is 0 Å². The molecule has 0 aliphatic heterocycles. The van der Waals surface area contributed by atoms with Gasteiger partial charge in [0.1, 0.15) is 5.75 Å². The van der Waals surface area contributed by atoms with Gasteiger partial charge in [-0.05, 0) is 73.5 Å². The van der Waals surface area contributed by atoms with Gasteiger partial charge in [-0.2, -0.15) is 0 Å². The molecule has 0 bridgehead atoms. The molecule has 1 N–H and O–H groups in total. The largest absolute Gasteiger partial charge is 0.495 e. The third-order valence-electron chi connectivity index (χ3n) is 5.87. The summed E-state index contributed by atoms with van der Waals surface area (Å²) in [7, 11) is -2.51. The topological polar surface area (TPSA) is 75.7 Å². The zero-order chi connectivity index (χ0) is 26.6. The predicted molar refractivity (Wildman–Crippen MR) is 148 cm³/mol. The van der Waals surface area contributed by atoms with Gasteiger partial charge in [-0.3, -0.25) is 9.10 Å². The van der Waals surface area contributed by atoms with Gasteiger partial charge < -0.3 is 10.1 Å². The molecular formula is C29H27ClN2O4S. The van der Waals surface area contributed by atoms with Gasteiger partial charge in [0.2, 0.25) is 0 Å². The minimum Gasteiger partial charge on any atom is -0.495 e. The molecule has 4 aromatic rings. The maximum atomic E-state index is 13.9. The van der Waals surface area contributed by atoms with Crippen LogP contribution in [0.1, 0.15) is 27.0 Å². The van der Waals surface area contributed by atoms with Crippen molar-refractivity contribution in [2.45, 2.75) is 25.3 Å². The summed E-state index contributed by atoms with van der Waals surface area (Å²) in [5.74, 6) is 0.0430. The van der Waals surface area contributed by atoms with E-state index in [1.165, 1.54) is 11.4 Å². The molecule has 0 spiro atoms. The molecule has 0 aliphatic rings. The number of carbonyl (C=O) groups is 1. The molecule has 0 saturated carbocycles. The van der Waals surface area contributed by atoms with Crippen LogP contribution in [0.25, 0.3) is 0 Å². The lowest BCUT2D eigenvalue weighted by Gasteiger charge is -2.27. The molecular weight excluding hydrogens is 508 g/mol. The zero-order valence-corrected chi connectivity index (χ0v) is 22.3. The maximum Gasteiger partial charge on any atom is 0.264 e. The first-order chi connectivity index (χ1) is 17.7. The van der Waals surface area contributed by atoms with Crippen LogP contribution in [0.2, 0.25) is 5.02 Å². The second-order valence-corrected chi connectivity index (χ2v) is 10.9. The van der Waals surface area contributed by atoms with E-state index < -0.39 is 15.9 Å². The summed E-state index contributed by atoms with van der Waals surface area (Å²) < 4.78 is 34.5. The van der Waals surface area contributed by atoms with E-state index in [-0.39, 0.29) is 22.7 Å². The van der Waals surface area contributed by atoms with Crippen LogP contribution in [0.5, 0.6) is 5.75 Å². The van der Waals surface area contributed by atoms with E-state index in [9.17, 15) is 13.2 Å². The van der Waals surface area contributed by atoms with Crippen molar-refractivity contribution >= 4 is 38.9 Å². The van der Waals surface area contributed by atoms with Gasteiger partial charge in [0.25, 0.3) is 15.9 Å². The lowest BCUT2D eigenvalue weighted by Crippen LogP contribution is -2.32. The Morgan fingerprint density at radius 1 is 0.892 bits per heavy atom. The number of rotatable bonds is 8. The quantitative estimate of drug-likeness (QED) is 0.276. The standard InChI is InChI=1S/C29H27ClN2O4S/c1-20-8-15-24(16-9-20)37(34,35)32(19-22-11-13-23(30)14-12-22)27-7-5-4-6-25(27)29(33)31-26-18-21(2)10-17-28(26)36-3/h4-18H,19H2,1-3H3,(H,31,33). The smallest absolute Gasteiger partial charge is 0.264 e. The molecule has 0 saturated heterocycles. The second kappa shape index (κ2) is 11.1. The summed E-state index contributed by atoms with van der Waals surface area (Å²) in [6.45, 7) is 3.80. The molecule has 8 heteroatoms. The van der Waals surface area contributed by atoms with Crippen LogP contribution in [0, 0.1) is 13.8 Å². The Morgan fingerprint density at radius 2 is 1.54 bits per heavy atom. The van der Waals surface area contributed by atoms with E-state index in [0.29, 0.717) is 16.5 Å². The first kappa shape index (κ1) is 26.3. The van der Waals surface area contributed by atoms with Crippen LogP contribution in [0.15, 0.2) is 95.9 Å². The fourth-order valence-electron chi connectivity index (χ4n) is 3.89. The molecule has 0 heterocycles. The Kier molecular flexibility index (Phi) is 7.86. The number of para-hydroxylation sites is 1. The van der Waals surface area contributed by atoms with E-state index in [4.69, 9.17) is 16.3 Å². The van der Waals surface area contributed by atoms with Crippen molar-refractivity contribution in [1.29, 1.82) is 0 Å². The average molecular weight is 535 g/mol. The normalized spacial score (nSPS) is 11.1. The van der Waals surface area contributed by atoms with Gasteiger partial charge in [0.05, 0.1) is 35.5 Å². The van der Waals surface area contributed by atoms with Crippen LogP contribution in [0.3, 0.4) is 0 Å². The number of sulfonamides is 1. The number of ether oxygens (including phenoxy) is 1. The molecule has 0 aliphatic carbocycles. The summed E-state index contributed by atoms with van der Waals surface area (Å²) in [6.07, 6.45) is 0. The molecule has 0 aromatic heterocycles. The molecule has 6 nitrogen and oxygen atoms in total. The first-order valence-corrected chi connectivity index (χ1v) is 13.4. The molecule has 0 radical (unpaired) electrons. The van der Waals surface area contributed by atoms with Gasteiger partial charge in [0, 0.05) is 5.02 Å².